The van der Waals surface area contributed by atoms with Crippen LogP contribution in [0, 0.1) is 11.3 Å². The SMILES string of the molecule is N#Cc1c(C(F)F)cc(CCl)nc1C=O. The summed E-state index contributed by atoms with van der Waals surface area (Å²) in [6, 6.07) is 2.56. The number of rotatable bonds is 3. The average Bonchev–Trinajstić information content (AvgIpc) is 2.26. The van der Waals surface area contributed by atoms with Gasteiger partial charge < -0.3 is 0 Å². The van der Waals surface area contributed by atoms with Crippen LogP contribution in [0.3, 0.4) is 0 Å². The summed E-state index contributed by atoms with van der Waals surface area (Å²) in [5, 5.41) is 8.63. The van der Waals surface area contributed by atoms with Gasteiger partial charge in [0.25, 0.3) is 6.43 Å². The van der Waals surface area contributed by atoms with Gasteiger partial charge in [-0.25, -0.2) is 13.8 Å². The lowest BCUT2D eigenvalue weighted by Gasteiger charge is -2.06. The van der Waals surface area contributed by atoms with Crippen molar-refractivity contribution < 1.29 is 13.6 Å². The first-order chi connectivity index (χ1) is 7.13. The Labute approximate surface area is 89.3 Å². The molecule has 0 aromatic carbocycles. The van der Waals surface area contributed by atoms with Crippen LogP contribution in [0.25, 0.3) is 0 Å². The van der Waals surface area contributed by atoms with Crippen LogP contribution in [0.2, 0.25) is 0 Å². The molecule has 0 N–H and O–H groups in total. The average molecular weight is 231 g/mol. The van der Waals surface area contributed by atoms with E-state index in [2.05, 4.69) is 4.98 Å². The number of carbonyl (C=O) groups excluding carboxylic acids is 1. The minimum Gasteiger partial charge on any atom is -0.296 e. The zero-order chi connectivity index (χ0) is 11.4. The fraction of sp³-hybridized carbons (Fsp3) is 0.222. The van der Waals surface area contributed by atoms with E-state index in [0.717, 1.165) is 6.07 Å². The predicted molar refractivity (Wildman–Crippen MR) is 48.9 cm³/mol. The highest BCUT2D eigenvalue weighted by atomic mass is 35.5. The maximum absolute atomic E-state index is 12.5. The van der Waals surface area contributed by atoms with Crippen molar-refractivity contribution in [2.75, 3.05) is 0 Å². The molecule has 78 valence electrons. The van der Waals surface area contributed by atoms with Crippen molar-refractivity contribution in [2.45, 2.75) is 12.3 Å². The van der Waals surface area contributed by atoms with Gasteiger partial charge >= 0.3 is 0 Å². The molecule has 0 atom stereocenters. The smallest absolute Gasteiger partial charge is 0.265 e. The molecule has 3 nitrogen and oxygen atoms in total. The molecule has 0 amide bonds. The van der Waals surface area contributed by atoms with Crippen molar-refractivity contribution in [3.63, 3.8) is 0 Å². The van der Waals surface area contributed by atoms with Gasteiger partial charge in [-0.15, -0.1) is 11.6 Å². The number of pyridine rings is 1. The van der Waals surface area contributed by atoms with Crippen LogP contribution in [0.4, 0.5) is 8.78 Å². The van der Waals surface area contributed by atoms with Crippen molar-refractivity contribution >= 4 is 17.9 Å². The summed E-state index contributed by atoms with van der Waals surface area (Å²) in [6.45, 7) is 0. The van der Waals surface area contributed by atoms with Gasteiger partial charge in [-0.1, -0.05) is 0 Å². The molecule has 0 saturated carbocycles. The number of halogens is 3. The van der Waals surface area contributed by atoms with Gasteiger partial charge in [0.05, 0.1) is 17.1 Å². The Bertz CT molecular complexity index is 429. The first-order valence-electron chi connectivity index (χ1n) is 3.87. The normalized spacial score (nSPS) is 10.1. The van der Waals surface area contributed by atoms with E-state index in [9.17, 15) is 13.6 Å². The van der Waals surface area contributed by atoms with E-state index in [1.165, 1.54) is 6.07 Å². The Hall–Kier alpha value is -1.54. The largest absolute Gasteiger partial charge is 0.296 e. The topological polar surface area (TPSA) is 53.8 Å². The van der Waals surface area contributed by atoms with E-state index < -0.39 is 17.6 Å². The van der Waals surface area contributed by atoms with Gasteiger partial charge in [0.1, 0.15) is 11.8 Å². The number of alkyl halides is 3. The van der Waals surface area contributed by atoms with Gasteiger partial charge in [-0.2, -0.15) is 5.26 Å². The van der Waals surface area contributed by atoms with Gasteiger partial charge in [0, 0.05) is 5.56 Å². The van der Waals surface area contributed by atoms with Crippen molar-refractivity contribution in [1.82, 2.24) is 4.98 Å². The summed E-state index contributed by atoms with van der Waals surface area (Å²) in [5.74, 6) is -0.0910. The molecule has 0 unspecified atom stereocenters. The van der Waals surface area contributed by atoms with Gasteiger partial charge in [0.15, 0.2) is 6.29 Å². The number of nitriles is 1. The molecular weight excluding hydrogens is 226 g/mol. The molecule has 1 aromatic heterocycles. The molecule has 0 aliphatic heterocycles. The van der Waals surface area contributed by atoms with E-state index in [-0.39, 0.29) is 23.6 Å². The highest BCUT2D eigenvalue weighted by Crippen LogP contribution is 2.25. The fourth-order valence-electron chi connectivity index (χ4n) is 1.09. The van der Waals surface area contributed by atoms with E-state index >= 15 is 0 Å². The summed E-state index contributed by atoms with van der Waals surface area (Å²) in [5.41, 5.74) is -1.06. The lowest BCUT2D eigenvalue weighted by atomic mass is 10.1. The molecule has 0 aliphatic rings. The van der Waals surface area contributed by atoms with Crippen LogP contribution in [0.1, 0.15) is 33.7 Å². The molecule has 0 aliphatic carbocycles. The third-order valence-corrected chi connectivity index (χ3v) is 2.00. The molecule has 0 saturated heterocycles. The number of aldehydes is 1. The lowest BCUT2D eigenvalue weighted by molar-refractivity contribution is 0.111. The standard InChI is InChI=1S/C9H5ClF2N2O/c10-2-5-1-6(9(11)12)7(3-13)8(4-15)14-5/h1,4,9H,2H2. The molecule has 0 fully saturated rings. The van der Waals surface area contributed by atoms with Crippen LogP contribution in [-0.4, -0.2) is 11.3 Å². The molecule has 1 heterocycles. The Morgan fingerprint density at radius 3 is 2.73 bits per heavy atom. The second kappa shape index (κ2) is 4.80. The monoisotopic (exact) mass is 230 g/mol. The maximum Gasteiger partial charge on any atom is 0.265 e. The highest BCUT2D eigenvalue weighted by Gasteiger charge is 2.18. The summed E-state index contributed by atoms with van der Waals surface area (Å²) in [7, 11) is 0. The molecule has 0 bridgehead atoms. The summed E-state index contributed by atoms with van der Waals surface area (Å²) in [6.07, 6.45) is -2.57. The van der Waals surface area contributed by atoms with Crippen molar-refractivity contribution in [1.29, 1.82) is 5.26 Å². The van der Waals surface area contributed by atoms with Crippen molar-refractivity contribution in [3.05, 3.63) is 28.6 Å². The lowest BCUT2D eigenvalue weighted by Crippen LogP contribution is -2.03. The maximum atomic E-state index is 12.5. The Balaban J connectivity index is 3.47. The predicted octanol–water partition coefficient (Wildman–Crippen LogP) is 2.44. The Morgan fingerprint density at radius 2 is 2.33 bits per heavy atom. The van der Waals surface area contributed by atoms with Crippen molar-refractivity contribution in [2.24, 2.45) is 0 Å². The van der Waals surface area contributed by atoms with Gasteiger partial charge in [-0.05, 0) is 6.07 Å². The quantitative estimate of drug-likeness (QED) is 0.592. The Kier molecular flexibility index (Phi) is 3.69. The molecule has 1 aromatic rings. The molecule has 0 spiro atoms. The fourth-order valence-corrected chi connectivity index (χ4v) is 1.23. The van der Waals surface area contributed by atoms with Crippen LogP contribution in [0.15, 0.2) is 6.07 Å². The van der Waals surface area contributed by atoms with Crippen LogP contribution in [0.5, 0.6) is 0 Å². The third-order valence-electron chi connectivity index (χ3n) is 1.73. The van der Waals surface area contributed by atoms with Crippen LogP contribution in [-0.2, 0) is 5.88 Å². The van der Waals surface area contributed by atoms with Crippen molar-refractivity contribution in [3.8, 4) is 6.07 Å². The molecule has 15 heavy (non-hydrogen) atoms. The van der Waals surface area contributed by atoms with Crippen LogP contribution < -0.4 is 0 Å². The number of hydrogen-bond donors (Lipinski definition) is 0. The zero-order valence-electron chi connectivity index (χ0n) is 7.38. The number of aromatic nitrogens is 1. The molecule has 6 heteroatoms. The summed E-state index contributed by atoms with van der Waals surface area (Å²) < 4.78 is 25.0. The number of carbonyl (C=O) groups is 1. The molecule has 0 radical (unpaired) electrons. The minimum atomic E-state index is -2.83. The molecular formula is C9H5ClF2N2O. The first-order valence-corrected chi connectivity index (χ1v) is 4.40. The highest BCUT2D eigenvalue weighted by molar-refractivity contribution is 6.16. The Morgan fingerprint density at radius 1 is 1.67 bits per heavy atom. The van der Waals surface area contributed by atoms with Gasteiger partial charge in [-0.3, -0.25) is 4.79 Å². The van der Waals surface area contributed by atoms with E-state index in [1.807, 2.05) is 0 Å². The number of nitrogens with zero attached hydrogens (tertiary/aromatic N) is 2. The summed E-state index contributed by atoms with van der Waals surface area (Å²) >= 11 is 5.42. The van der Waals surface area contributed by atoms with E-state index in [4.69, 9.17) is 16.9 Å². The van der Waals surface area contributed by atoms with Gasteiger partial charge in [0.2, 0.25) is 0 Å². The van der Waals surface area contributed by atoms with E-state index in [1.54, 1.807) is 0 Å². The summed E-state index contributed by atoms with van der Waals surface area (Å²) in [4.78, 5) is 14.2. The second-order valence-electron chi connectivity index (χ2n) is 2.63. The van der Waals surface area contributed by atoms with Crippen LogP contribution >= 0.6 is 11.6 Å². The third kappa shape index (κ3) is 2.28. The minimum absolute atomic E-state index is 0.0910. The first kappa shape index (κ1) is 11.5. The molecule has 1 rings (SSSR count). The van der Waals surface area contributed by atoms with E-state index in [0.29, 0.717) is 0 Å². The zero-order valence-corrected chi connectivity index (χ0v) is 8.13. The second-order valence-corrected chi connectivity index (χ2v) is 2.89. The number of hydrogen-bond acceptors (Lipinski definition) is 3.